The molecule has 1 heterocycles. The van der Waals surface area contributed by atoms with Crippen LogP contribution in [0, 0.1) is 12.8 Å². The zero-order valence-electron chi connectivity index (χ0n) is 10.5. The van der Waals surface area contributed by atoms with Crippen LogP contribution in [-0.4, -0.2) is 0 Å². The van der Waals surface area contributed by atoms with E-state index >= 15 is 0 Å². The topological polar surface area (TPSA) is 38.0 Å². The molecule has 3 atom stereocenters. The van der Waals surface area contributed by atoms with Gasteiger partial charge in [0.05, 0.1) is 6.04 Å². The van der Waals surface area contributed by atoms with Crippen LogP contribution in [0.4, 0.5) is 0 Å². The molecular formula is C15H18N2S. The first-order chi connectivity index (χ1) is 8.79. The molecule has 0 spiro atoms. The summed E-state index contributed by atoms with van der Waals surface area (Å²) in [6.07, 6.45) is 1.23. The van der Waals surface area contributed by atoms with Crippen molar-refractivity contribution in [2.45, 2.75) is 25.3 Å². The Hall–Kier alpha value is -1.16. The number of nitrogens with two attached hydrogens (primary N) is 1. The van der Waals surface area contributed by atoms with E-state index in [1.807, 2.05) is 0 Å². The zero-order chi connectivity index (χ0) is 12.5. The summed E-state index contributed by atoms with van der Waals surface area (Å²) in [6, 6.07) is 13.3. The first kappa shape index (κ1) is 11.9. The molecule has 0 aliphatic heterocycles. The molecule has 1 aliphatic carbocycles. The summed E-state index contributed by atoms with van der Waals surface area (Å²) in [5.41, 5.74) is 5.78. The summed E-state index contributed by atoms with van der Waals surface area (Å²) in [5, 5.41) is 2.22. The minimum Gasteiger partial charge on any atom is -0.271 e. The Morgan fingerprint density at radius 3 is 2.72 bits per heavy atom. The Morgan fingerprint density at radius 1 is 1.33 bits per heavy atom. The van der Waals surface area contributed by atoms with Crippen LogP contribution in [0.25, 0.3) is 0 Å². The summed E-state index contributed by atoms with van der Waals surface area (Å²) < 4.78 is 0. The predicted molar refractivity (Wildman–Crippen MR) is 76.4 cm³/mol. The highest BCUT2D eigenvalue weighted by atomic mass is 32.1. The molecule has 2 nitrogen and oxygen atoms in total. The largest absolute Gasteiger partial charge is 0.271 e. The zero-order valence-corrected chi connectivity index (χ0v) is 11.3. The summed E-state index contributed by atoms with van der Waals surface area (Å²) in [7, 11) is 0. The molecule has 18 heavy (non-hydrogen) atoms. The quantitative estimate of drug-likeness (QED) is 0.652. The van der Waals surface area contributed by atoms with Crippen molar-refractivity contribution in [3.63, 3.8) is 0 Å². The molecule has 3 rings (SSSR count). The Bertz CT molecular complexity index is 520. The molecule has 0 bridgehead atoms. The van der Waals surface area contributed by atoms with E-state index in [0.717, 1.165) is 0 Å². The number of rotatable bonds is 4. The van der Waals surface area contributed by atoms with Crippen LogP contribution >= 0.6 is 11.3 Å². The number of benzene rings is 1. The first-order valence-corrected chi connectivity index (χ1v) is 7.23. The summed E-state index contributed by atoms with van der Waals surface area (Å²) >= 11 is 1.79. The standard InChI is InChI=1S/C15H18N2S/c1-10-7-12(9-18-10)15(17-16)14-8-13(14)11-5-3-2-4-6-11/h2-7,9,13-15,17H,8,16H2,1H3. The first-order valence-electron chi connectivity index (χ1n) is 6.35. The lowest BCUT2D eigenvalue weighted by Crippen LogP contribution is -2.29. The highest BCUT2D eigenvalue weighted by molar-refractivity contribution is 7.10. The Labute approximate surface area is 112 Å². The minimum atomic E-state index is 0.292. The van der Waals surface area contributed by atoms with Crippen molar-refractivity contribution in [3.8, 4) is 0 Å². The minimum absolute atomic E-state index is 0.292. The van der Waals surface area contributed by atoms with Gasteiger partial charge in [-0.3, -0.25) is 11.3 Å². The Morgan fingerprint density at radius 2 is 2.11 bits per heavy atom. The fourth-order valence-electron chi connectivity index (χ4n) is 2.76. The molecule has 1 aromatic heterocycles. The van der Waals surface area contributed by atoms with Crippen LogP contribution in [0.3, 0.4) is 0 Å². The van der Waals surface area contributed by atoms with Crippen LogP contribution < -0.4 is 11.3 Å². The van der Waals surface area contributed by atoms with Crippen molar-refractivity contribution in [2.24, 2.45) is 11.8 Å². The van der Waals surface area contributed by atoms with Gasteiger partial charge in [-0.15, -0.1) is 11.3 Å². The molecule has 1 aliphatic rings. The second-order valence-electron chi connectivity index (χ2n) is 5.05. The second kappa shape index (κ2) is 4.84. The summed E-state index contributed by atoms with van der Waals surface area (Å²) in [6.45, 7) is 2.14. The van der Waals surface area contributed by atoms with Crippen LogP contribution in [0.15, 0.2) is 41.8 Å². The second-order valence-corrected chi connectivity index (χ2v) is 6.17. The van der Waals surface area contributed by atoms with Crippen molar-refractivity contribution in [1.29, 1.82) is 0 Å². The fourth-order valence-corrected chi connectivity index (χ4v) is 3.50. The lowest BCUT2D eigenvalue weighted by molar-refractivity contribution is 0.488. The van der Waals surface area contributed by atoms with E-state index in [9.17, 15) is 0 Å². The molecule has 3 heteroatoms. The van der Waals surface area contributed by atoms with Crippen LogP contribution in [0.1, 0.15) is 34.4 Å². The lowest BCUT2D eigenvalue weighted by atomic mass is 10.0. The van der Waals surface area contributed by atoms with E-state index in [2.05, 4.69) is 54.1 Å². The number of hydrogen-bond acceptors (Lipinski definition) is 3. The van der Waals surface area contributed by atoms with Gasteiger partial charge in [-0.1, -0.05) is 30.3 Å². The van der Waals surface area contributed by atoms with Gasteiger partial charge in [0, 0.05) is 4.88 Å². The molecule has 0 saturated heterocycles. The van der Waals surface area contributed by atoms with Gasteiger partial charge in [-0.25, -0.2) is 0 Å². The molecule has 0 amide bonds. The average Bonchev–Trinajstić information content (AvgIpc) is 3.07. The molecule has 1 saturated carbocycles. The normalized spacial score (nSPS) is 23.9. The third kappa shape index (κ3) is 2.21. The number of hydrazine groups is 1. The Balaban J connectivity index is 1.76. The SMILES string of the molecule is Cc1cc(C(NN)C2CC2c2ccccc2)cs1. The van der Waals surface area contributed by atoms with Crippen LogP contribution in [0.5, 0.6) is 0 Å². The Kier molecular flexibility index (Phi) is 3.20. The highest BCUT2D eigenvalue weighted by Crippen LogP contribution is 2.54. The van der Waals surface area contributed by atoms with E-state index < -0.39 is 0 Å². The lowest BCUT2D eigenvalue weighted by Gasteiger charge is -2.14. The molecule has 3 unspecified atom stereocenters. The maximum Gasteiger partial charge on any atom is 0.0502 e. The summed E-state index contributed by atoms with van der Waals surface area (Å²) in [5.74, 6) is 7.04. The van der Waals surface area contributed by atoms with Gasteiger partial charge in [-0.05, 0) is 47.8 Å². The van der Waals surface area contributed by atoms with Crippen molar-refractivity contribution in [3.05, 3.63) is 57.8 Å². The van der Waals surface area contributed by atoms with Gasteiger partial charge >= 0.3 is 0 Å². The molecule has 94 valence electrons. The van der Waals surface area contributed by atoms with Gasteiger partial charge in [0.2, 0.25) is 0 Å². The monoisotopic (exact) mass is 258 g/mol. The highest BCUT2D eigenvalue weighted by Gasteiger charge is 2.44. The number of thiophene rings is 1. The van der Waals surface area contributed by atoms with Crippen molar-refractivity contribution in [1.82, 2.24) is 5.43 Å². The van der Waals surface area contributed by atoms with Crippen molar-refractivity contribution in [2.75, 3.05) is 0 Å². The molecule has 2 aromatic rings. The molecule has 1 fully saturated rings. The van der Waals surface area contributed by atoms with Gasteiger partial charge in [0.1, 0.15) is 0 Å². The predicted octanol–water partition coefficient (Wildman–Crippen LogP) is 3.36. The molecule has 0 radical (unpaired) electrons. The van der Waals surface area contributed by atoms with E-state index in [0.29, 0.717) is 17.9 Å². The van der Waals surface area contributed by atoms with E-state index in [1.165, 1.54) is 22.4 Å². The summed E-state index contributed by atoms with van der Waals surface area (Å²) in [4.78, 5) is 1.35. The molecule has 1 aromatic carbocycles. The number of hydrogen-bond donors (Lipinski definition) is 2. The third-order valence-corrected chi connectivity index (χ3v) is 4.66. The molecule has 3 N–H and O–H groups in total. The van der Waals surface area contributed by atoms with Crippen LogP contribution in [-0.2, 0) is 0 Å². The molecular weight excluding hydrogens is 240 g/mol. The maximum atomic E-state index is 5.75. The smallest absolute Gasteiger partial charge is 0.0502 e. The average molecular weight is 258 g/mol. The van der Waals surface area contributed by atoms with Gasteiger partial charge < -0.3 is 0 Å². The third-order valence-electron chi connectivity index (χ3n) is 3.79. The van der Waals surface area contributed by atoms with Gasteiger partial charge in [0.15, 0.2) is 0 Å². The van der Waals surface area contributed by atoms with Gasteiger partial charge in [-0.2, -0.15) is 0 Å². The van der Waals surface area contributed by atoms with E-state index in [4.69, 9.17) is 5.84 Å². The fraction of sp³-hybridized carbons (Fsp3) is 0.333. The maximum absolute atomic E-state index is 5.75. The van der Waals surface area contributed by atoms with Crippen molar-refractivity contribution >= 4 is 11.3 Å². The van der Waals surface area contributed by atoms with E-state index in [-0.39, 0.29) is 0 Å². The number of aryl methyl sites for hydroxylation is 1. The number of nitrogens with one attached hydrogen (secondary N) is 1. The van der Waals surface area contributed by atoms with Gasteiger partial charge in [0.25, 0.3) is 0 Å². The van der Waals surface area contributed by atoms with E-state index in [1.54, 1.807) is 11.3 Å². The van der Waals surface area contributed by atoms with Crippen molar-refractivity contribution < 1.29 is 0 Å². The van der Waals surface area contributed by atoms with Crippen LogP contribution in [0.2, 0.25) is 0 Å².